The van der Waals surface area contributed by atoms with Gasteiger partial charge in [-0.2, -0.15) is 0 Å². The summed E-state index contributed by atoms with van der Waals surface area (Å²) in [7, 11) is 0. The van der Waals surface area contributed by atoms with Gasteiger partial charge in [0.25, 0.3) is 5.41 Å². The lowest BCUT2D eigenvalue weighted by atomic mass is 9.83. The molecule has 0 unspecified atom stereocenters. The first-order chi connectivity index (χ1) is 6.39. The summed E-state index contributed by atoms with van der Waals surface area (Å²) in [6.45, 7) is 1.72. The Morgan fingerprint density at radius 3 is 1.57 bits per heavy atom. The average Bonchev–Trinajstić information content (AvgIpc) is 2.03. The largest absolute Gasteiger partial charge is 0.480 e. The van der Waals surface area contributed by atoms with E-state index in [1.165, 1.54) is 0 Å². The van der Waals surface area contributed by atoms with Crippen LogP contribution in [0.2, 0.25) is 0 Å². The molecule has 0 saturated heterocycles. The topological polar surface area (TPSA) is 112 Å². The SMILES string of the molecule is CCCCC(C(=O)O)(C(=O)O)C(=O)O. The van der Waals surface area contributed by atoms with Crippen LogP contribution in [-0.2, 0) is 14.4 Å². The van der Waals surface area contributed by atoms with Gasteiger partial charge < -0.3 is 15.3 Å². The molecule has 0 heterocycles. The maximum absolute atomic E-state index is 10.6. The van der Waals surface area contributed by atoms with Gasteiger partial charge in [0, 0.05) is 0 Å². The summed E-state index contributed by atoms with van der Waals surface area (Å²) in [6, 6.07) is 0. The summed E-state index contributed by atoms with van der Waals surface area (Å²) < 4.78 is 0. The Kier molecular flexibility index (Phi) is 4.07. The molecule has 0 radical (unpaired) electrons. The fraction of sp³-hybridized carbons (Fsp3) is 0.625. The van der Waals surface area contributed by atoms with Crippen LogP contribution in [0, 0.1) is 5.41 Å². The summed E-state index contributed by atoms with van der Waals surface area (Å²) in [5.41, 5.74) is -2.70. The van der Waals surface area contributed by atoms with Crippen LogP contribution in [0.4, 0.5) is 0 Å². The molecule has 0 aromatic heterocycles. The van der Waals surface area contributed by atoms with E-state index < -0.39 is 29.7 Å². The molecule has 0 bridgehead atoms. The molecular formula is C8H12O6. The van der Waals surface area contributed by atoms with Gasteiger partial charge in [-0.15, -0.1) is 0 Å². The van der Waals surface area contributed by atoms with Crippen molar-refractivity contribution in [1.29, 1.82) is 0 Å². The highest BCUT2D eigenvalue weighted by molar-refractivity contribution is 6.16. The molecule has 0 atom stereocenters. The van der Waals surface area contributed by atoms with Crippen molar-refractivity contribution in [2.24, 2.45) is 5.41 Å². The van der Waals surface area contributed by atoms with Crippen LogP contribution < -0.4 is 0 Å². The molecule has 0 spiro atoms. The van der Waals surface area contributed by atoms with Crippen molar-refractivity contribution in [3.8, 4) is 0 Å². The maximum atomic E-state index is 10.6. The summed E-state index contributed by atoms with van der Waals surface area (Å²) in [5.74, 6) is -5.48. The summed E-state index contributed by atoms with van der Waals surface area (Å²) in [4.78, 5) is 31.9. The third kappa shape index (κ3) is 2.01. The van der Waals surface area contributed by atoms with Crippen LogP contribution in [0.5, 0.6) is 0 Å². The van der Waals surface area contributed by atoms with Crippen LogP contribution in [0.25, 0.3) is 0 Å². The molecule has 0 aliphatic carbocycles. The minimum Gasteiger partial charge on any atom is -0.480 e. The van der Waals surface area contributed by atoms with Crippen molar-refractivity contribution >= 4 is 17.9 Å². The van der Waals surface area contributed by atoms with E-state index in [9.17, 15) is 14.4 Å². The molecule has 0 rings (SSSR count). The third-order valence-corrected chi connectivity index (χ3v) is 2.00. The minimum absolute atomic E-state index is 0.241. The van der Waals surface area contributed by atoms with E-state index in [0.29, 0.717) is 6.42 Å². The second-order valence-corrected chi connectivity index (χ2v) is 2.92. The van der Waals surface area contributed by atoms with Gasteiger partial charge in [-0.1, -0.05) is 19.8 Å². The first kappa shape index (κ1) is 12.4. The van der Waals surface area contributed by atoms with Crippen molar-refractivity contribution < 1.29 is 29.7 Å². The Morgan fingerprint density at radius 2 is 1.36 bits per heavy atom. The van der Waals surface area contributed by atoms with Crippen molar-refractivity contribution in [3.63, 3.8) is 0 Å². The number of carboxylic acid groups (broad SMARTS) is 3. The minimum atomic E-state index is -2.70. The van der Waals surface area contributed by atoms with Crippen molar-refractivity contribution in [2.45, 2.75) is 26.2 Å². The lowest BCUT2D eigenvalue weighted by molar-refractivity contribution is -0.176. The Morgan fingerprint density at radius 1 is 1.00 bits per heavy atom. The third-order valence-electron chi connectivity index (χ3n) is 2.00. The molecule has 6 heteroatoms. The molecule has 80 valence electrons. The zero-order chi connectivity index (χ0) is 11.4. The number of unbranched alkanes of at least 4 members (excludes halogenated alkanes) is 1. The standard InChI is InChI=1S/C8H12O6/c1-2-3-4-8(5(9)10,6(11)12)7(13)14/h2-4H2,1H3,(H,9,10)(H,11,12)(H,13,14). The lowest BCUT2D eigenvalue weighted by Gasteiger charge is -2.19. The lowest BCUT2D eigenvalue weighted by Crippen LogP contribution is -2.46. The van der Waals surface area contributed by atoms with E-state index in [1.54, 1.807) is 6.92 Å². The highest BCUT2D eigenvalue weighted by atomic mass is 16.4. The fourth-order valence-corrected chi connectivity index (χ4v) is 1.04. The smallest absolute Gasteiger partial charge is 0.332 e. The number of carbonyl (C=O) groups is 3. The number of aliphatic carboxylic acids is 3. The molecule has 14 heavy (non-hydrogen) atoms. The summed E-state index contributed by atoms with van der Waals surface area (Å²) in [6.07, 6.45) is 0.379. The van der Waals surface area contributed by atoms with Gasteiger partial charge in [0.1, 0.15) is 0 Å². The number of carboxylic acids is 3. The molecule has 0 aliphatic rings. The van der Waals surface area contributed by atoms with Gasteiger partial charge in [0.05, 0.1) is 0 Å². The van der Waals surface area contributed by atoms with Gasteiger partial charge in [-0.05, 0) is 6.42 Å². The van der Waals surface area contributed by atoms with E-state index in [1.807, 2.05) is 0 Å². The Hall–Kier alpha value is -1.59. The van der Waals surface area contributed by atoms with Crippen molar-refractivity contribution in [2.75, 3.05) is 0 Å². The molecule has 0 saturated carbocycles. The monoisotopic (exact) mass is 204 g/mol. The fourth-order valence-electron chi connectivity index (χ4n) is 1.04. The first-order valence-corrected chi connectivity index (χ1v) is 4.09. The first-order valence-electron chi connectivity index (χ1n) is 4.09. The molecule has 3 N–H and O–H groups in total. The molecule has 0 aliphatic heterocycles. The Labute approximate surface area is 80.2 Å². The van der Waals surface area contributed by atoms with Crippen LogP contribution in [0.1, 0.15) is 26.2 Å². The zero-order valence-corrected chi connectivity index (χ0v) is 7.69. The average molecular weight is 204 g/mol. The van der Waals surface area contributed by atoms with Gasteiger partial charge >= 0.3 is 17.9 Å². The van der Waals surface area contributed by atoms with Crippen molar-refractivity contribution in [1.82, 2.24) is 0 Å². The molecule has 0 fully saturated rings. The molecule has 0 aromatic carbocycles. The van der Waals surface area contributed by atoms with E-state index in [-0.39, 0.29) is 6.42 Å². The zero-order valence-electron chi connectivity index (χ0n) is 7.69. The van der Waals surface area contributed by atoms with Crippen molar-refractivity contribution in [3.05, 3.63) is 0 Å². The Balaban J connectivity index is 5.06. The predicted octanol–water partition coefficient (Wildman–Crippen LogP) is 0.417. The van der Waals surface area contributed by atoms with Crippen LogP contribution in [0.15, 0.2) is 0 Å². The van der Waals surface area contributed by atoms with E-state index in [0.717, 1.165) is 0 Å². The van der Waals surface area contributed by atoms with E-state index in [2.05, 4.69) is 0 Å². The molecule has 6 nitrogen and oxygen atoms in total. The number of hydrogen-bond acceptors (Lipinski definition) is 3. The normalized spacial score (nSPS) is 10.9. The summed E-state index contributed by atoms with van der Waals surface area (Å²) in [5, 5.41) is 25.9. The van der Waals surface area contributed by atoms with Crippen LogP contribution >= 0.6 is 0 Å². The van der Waals surface area contributed by atoms with Gasteiger partial charge in [0.2, 0.25) is 0 Å². The highest BCUT2D eigenvalue weighted by Crippen LogP contribution is 2.26. The second kappa shape index (κ2) is 4.59. The second-order valence-electron chi connectivity index (χ2n) is 2.92. The predicted molar refractivity (Wildman–Crippen MR) is 44.9 cm³/mol. The molecule has 0 aromatic rings. The number of rotatable bonds is 6. The van der Waals surface area contributed by atoms with Gasteiger partial charge in [-0.25, -0.2) is 0 Å². The van der Waals surface area contributed by atoms with E-state index >= 15 is 0 Å². The van der Waals surface area contributed by atoms with Gasteiger partial charge in [0.15, 0.2) is 0 Å². The quantitative estimate of drug-likeness (QED) is 0.540. The van der Waals surface area contributed by atoms with E-state index in [4.69, 9.17) is 15.3 Å². The number of hydrogen-bond donors (Lipinski definition) is 3. The highest BCUT2D eigenvalue weighted by Gasteiger charge is 2.53. The van der Waals surface area contributed by atoms with Gasteiger partial charge in [-0.3, -0.25) is 14.4 Å². The Bertz CT molecular complexity index is 221. The molecule has 0 amide bonds. The summed E-state index contributed by atoms with van der Waals surface area (Å²) >= 11 is 0. The van der Waals surface area contributed by atoms with Crippen LogP contribution in [-0.4, -0.2) is 33.2 Å². The maximum Gasteiger partial charge on any atom is 0.332 e. The van der Waals surface area contributed by atoms with Crippen LogP contribution in [0.3, 0.4) is 0 Å². The molecular weight excluding hydrogens is 192 g/mol.